The Bertz CT molecular complexity index is 857. The number of fused-ring (bicyclic) bond motifs is 1. The molecular weight excluding hydrogens is 392 g/mol. The first-order chi connectivity index (χ1) is 11.8. The Labute approximate surface area is 164 Å². The fourth-order valence-corrected chi connectivity index (χ4v) is 4.26. The third-order valence-corrected chi connectivity index (χ3v) is 5.61. The van der Waals surface area contributed by atoms with E-state index in [9.17, 15) is 0 Å². The summed E-state index contributed by atoms with van der Waals surface area (Å²) < 4.78 is 0. The number of thiazole rings is 1. The molecule has 130 valence electrons. The van der Waals surface area contributed by atoms with E-state index in [0.29, 0.717) is 0 Å². The summed E-state index contributed by atoms with van der Waals surface area (Å²) in [6, 6.07) is 11.1. The molecular formula is C21H23BrN2S. The second kappa shape index (κ2) is 8.24. The monoisotopic (exact) mass is 414 g/mol. The van der Waals surface area contributed by atoms with Crippen LogP contribution in [0.25, 0.3) is 21.8 Å². The summed E-state index contributed by atoms with van der Waals surface area (Å²) in [5, 5.41) is 3.27. The summed E-state index contributed by atoms with van der Waals surface area (Å²) in [7, 11) is 0. The molecule has 1 aromatic carbocycles. The van der Waals surface area contributed by atoms with Crippen LogP contribution in [-0.2, 0) is 19.3 Å². The van der Waals surface area contributed by atoms with Gasteiger partial charge in [0.25, 0.3) is 0 Å². The van der Waals surface area contributed by atoms with E-state index in [2.05, 4.69) is 47.6 Å². The first-order valence-electron chi connectivity index (χ1n) is 8.86. The molecule has 0 saturated heterocycles. The van der Waals surface area contributed by atoms with Gasteiger partial charge in [-0.25, -0.2) is 4.98 Å². The van der Waals surface area contributed by atoms with Gasteiger partial charge in [-0.05, 0) is 61.4 Å². The molecule has 0 amide bonds. The van der Waals surface area contributed by atoms with E-state index in [1.165, 1.54) is 47.9 Å². The maximum Gasteiger partial charge on any atom is 0.124 e. The van der Waals surface area contributed by atoms with Gasteiger partial charge in [-0.2, -0.15) is 0 Å². The van der Waals surface area contributed by atoms with Crippen LogP contribution >= 0.6 is 28.3 Å². The molecule has 25 heavy (non-hydrogen) atoms. The second-order valence-corrected chi connectivity index (χ2v) is 7.37. The third kappa shape index (κ3) is 4.01. The molecule has 1 aliphatic carbocycles. The predicted octanol–water partition coefficient (Wildman–Crippen LogP) is 6.28. The van der Waals surface area contributed by atoms with Crippen molar-refractivity contribution in [2.24, 2.45) is 0 Å². The van der Waals surface area contributed by atoms with Gasteiger partial charge in [-0.1, -0.05) is 25.5 Å². The van der Waals surface area contributed by atoms with Crippen LogP contribution in [0.2, 0.25) is 0 Å². The molecule has 0 spiro atoms. The Morgan fingerprint density at radius 2 is 1.84 bits per heavy atom. The van der Waals surface area contributed by atoms with Gasteiger partial charge in [0.1, 0.15) is 5.01 Å². The Morgan fingerprint density at radius 1 is 1.00 bits per heavy atom. The number of nitrogens with zero attached hydrogens (tertiary/aromatic N) is 2. The zero-order valence-electron chi connectivity index (χ0n) is 14.5. The minimum absolute atomic E-state index is 0. The summed E-state index contributed by atoms with van der Waals surface area (Å²) in [4.78, 5) is 9.34. The number of aryl methyl sites for hydroxylation is 3. The molecule has 0 atom stereocenters. The summed E-state index contributed by atoms with van der Waals surface area (Å²) in [6.45, 7) is 2.19. The highest BCUT2D eigenvalue weighted by atomic mass is 79.9. The largest absolute Gasteiger partial charge is 0.261 e. The molecule has 2 aromatic heterocycles. The summed E-state index contributed by atoms with van der Waals surface area (Å²) in [5.74, 6) is 0. The van der Waals surface area contributed by atoms with E-state index in [1.54, 1.807) is 11.3 Å². The second-order valence-electron chi connectivity index (χ2n) is 6.51. The van der Waals surface area contributed by atoms with Gasteiger partial charge in [-0.3, -0.25) is 4.98 Å². The van der Waals surface area contributed by atoms with Crippen molar-refractivity contribution in [3.8, 4) is 21.8 Å². The molecule has 1 aliphatic rings. The van der Waals surface area contributed by atoms with E-state index in [1.807, 2.05) is 6.20 Å². The maximum atomic E-state index is 4.89. The van der Waals surface area contributed by atoms with Gasteiger partial charge < -0.3 is 0 Å². The highest BCUT2D eigenvalue weighted by Gasteiger charge is 2.12. The molecule has 0 unspecified atom stereocenters. The molecule has 4 heteroatoms. The van der Waals surface area contributed by atoms with Crippen LogP contribution < -0.4 is 0 Å². The number of pyridine rings is 1. The lowest BCUT2D eigenvalue weighted by atomic mass is 9.90. The summed E-state index contributed by atoms with van der Waals surface area (Å²) in [6.07, 6.45) is 9.14. The third-order valence-electron chi connectivity index (χ3n) is 4.72. The highest BCUT2D eigenvalue weighted by Crippen LogP contribution is 2.31. The maximum absolute atomic E-state index is 4.89. The van der Waals surface area contributed by atoms with Crippen molar-refractivity contribution < 1.29 is 0 Å². The van der Waals surface area contributed by atoms with Crippen molar-refractivity contribution in [1.29, 1.82) is 0 Å². The van der Waals surface area contributed by atoms with Crippen LogP contribution in [0.3, 0.4) is 0 Å². The van der Waals surface area contributed by atoms with Crippen molar-refractivity contribution in [3.63, 3.8) is 0 Å². The fraction of sp³-hybridized carbons (Fsp3) is 0.333. The normalized spacial score (nSPS) is 13.2. The molecule has 3 aromatic rings. The van der Waals surface area contributed by atoms with E-state index < -0.39 is 0 Å². The lowest BCUT2D eigenvalue weighted by Gasteiger charge is -2.16. The minimum Gasteiger partial charge on any atom is -0.261 e. The quantitative estimate of drug-likeness (QED) is 0.501. The molecule has 0 aliphatic heterocycles. The molecule has 0 N–H and O–H groups in total. The first kappa shape index (κ1) is 18.3. The molecule has 2 heterocycles. The van der Waals surface area contributed by atoms with Gasteiger partial charge in [0.15, 0.2) is 0 Å². The topological polar surface area (TPSA) is 25.8 Å². The van der Waals surface area contributed by atoms with Gasteiger partial charge in [0, 0.05) is 28.4 Å². The Balaban J connectivity index is 0.00000182. The Morgan fingerprint density at radius 3 is 2.68 bits per heavy atom. The van der Waals surface area contributed by atoms with E-state index in [0.717, 1.165) is 29.2 Å². The van der Waals surface area contributed by atoms with Crippen LogP contribution in [0.15, 0.2) is 41.9 Å². The van der Waals surface area contributed by atoms with Crippen LogP contribution in [-0.4, -0.2) is 9.97 Å². The number of halogens is 1. The number of hydrogen-bond acceptors (Lipinski definition) is 3. The summed E-state index contributed by atoms with van der Waals surface area (Å²) in [5.41, 5.74) is 7.72. The smallest absolute Gasteiger partial charge is 0.124 e. The van der Waals surface area contributed by atoms with Crippen LogP contribution in [0.1, 0.15) is 43.0 Å². The van der Waals surface area contributed by atoms with Crippen molar-refractivity contribution in [2.45, 2.75) is 45.4 Å². The number of benzene rings is 1. The average Bonchev–Trinajstić information content (AvgIpc) is 3.12. The number of aromatic nitrogens is 2. The van der Waals surface area contributed by atoms with Gasteiger partial charge >= 0.3 is 0 Å². The van der Waals surface area contributed by atoms with E-state index >= 15 is 0 Å². The predicted molar refractivity (Wildman–Crippen MR) is 112 cm³/mol. The SMILES string of the molecule is Br.CCCc1cc(-c2nc(-c3ccc4c(c3)CCCC4)cs2)ccn1. The van der Waals surface area contributed by atoms with E-state index in [4.69, 9.17) is 4.98 Å². The minimum atomic E-state index is 0. The standard InChI is InChI=1S/C21H22N2S.BrH/c1-2-5-19-13-18(10-11-22-19)21-23-20(14-24-21)17-9-8-15-6-3-4-7-16(15)12-17;/h8-14H,2-7H2,1H3;1H. The highest BCUT2D eigenvalue weighted by molar-refractivity contribution is 8.93. The number of hydrogen-bond donors (Lipinski definition) is 0. The first-order valence-corrected chi connectivity index (χ1v) is 9.74. The average molecular weight is 415 g/mol. The van der Waals surface area contributed by atoms with Gasteiger partial charge in [-0.15, -0.1) is 28.3 Å². The zero-order valence-corrected chi connectivity index (χ0v) is 17.0. The van der Waals surface area contributed by atoms with Crippen molar-refractivity contribution in [1.82, 2.24) is 9.97 Å². The van der Waals surface area contributed by atoms with Gasteiger partial charge in [0.2, 0.25) is 0 Å². The lowest BCUT2D eigenvalue weighted by Crippen LogP contribution is -2.02. The lowest BCUT2D eigenvalue weighted by molar-refractivity contribution is 0.686. The molecule has 0 bridgehead atoms. The summed E-state index contributed by atoms with van der Waals surface area (Å²) >= 11 is 1.72. The molecule has 4 rings (SSSR count). The molecule has 0 fully saturated rings. The van der Waals surface area contributed by atoms with Crippen molar-refractivity contribution in [2.75, 3.05) is 0 Å². The van der Waals surface area contributed by atoms with Crippen molar-refractivity contribution in [3.05, 3.63) is 58.7 Å². The van der Waals surface area contributed by atoms with Crippen LogP contribution in [0.4, 0.5) is 0 Å². The number of rotatable bonds is 4. The Hall–Kier alpha value is -1.52. The molecule has 0 radical (unpaired) electrons. The van der Waals surface area contributed by atoms with Crippen molar-refractivity contribution >= 4 is 28.3 Å². The van der Waals surface area contributed by atoms with Crippen LogP contribution in [0.5, 0.6) is 0 Å². The Kier molecular flexibility index (Phi) is 6.02. The van der Waals surface area contributed by atoms with Gasteiger partial charge in [0.05, 0.1) is 5.69 Å². The molecule has 0 saturated carbocycles. The molecule has 2 nitrogen and oxygen atoms in total. The van der Waals surface area contributed by atoms with E-state index in [-0.39, 0.29) is 17.0 Å². The zero-order chi connectivity index (χ0) is 16.4. The fourth-order valence-electron chi connectivity index (χ4n) is 3.44. The van der Waals surface area contributed by atoms with Crippen LogP contribution in [0, 0.1) is 0 Å².